The molecule has 0 amide bonds. The normalized spacial score (nSPS) is 15.6. The minimum Gasteiger partial charge on any atom is -0.448 e. The Kier molecular flexibility index (Phi) is 32.7. The van der Waals surface area contributed by atoms with Crippen molar-refractivity contribution in [2.24, 2.45) is 22.7 Å². The number of aromatic amines is 2. The van der Waals surface area contributed by atoms with Crippen LogP contribution < -0.4 is 0 Å². The fraction of sp³-hybridized carbons (Fsp3) is 0.758. The third kappa shape index (κ3) is 30.8. The van der Waals surface area contributed by atoms with Gasteiger partial charge in [0.1, 0.15) is 5.76 Å². The first-order chi connectivity index (χ1) is 45.8. The second-order valence-electron chi connectivity index (χ2n) is 46.0. The van der Waals surface area contributed by atoms with Crippen LogP contribution in [0.3, 0.4) is 0 Å². The molecule has 0 radical (unpaired) electrons. The summed E-state index contributed by atoms with van der Waals surface area (Å²) in [5.41, 5.74) is 16.6. The first-order valence-corrected chi connectivity index (χ1v) is 40.7. The lowest BCUT2D eigenvalue weighted by Gasteiger charge is -2.39. The lowest BCUT2D eigenvalue weighted by atomic mass is 9.66. The highest BCUT2D eigenvalue weighted by atomic mass is 32.1. The summed E-state index contributed by atoms with van der Waals surface area (Å²) in [4.78, 5) is 23.6. The van der Waals surface area contributed by atoms with Gasteiger partial charge in [-0.05, 0) is 127 Å². The molecule has 1 saturated carbocycles. The Balaban J connectivity index is 0.000000594. The van der Waals surface area contributed by atoms with E-state index in [0.717, 1.165) is 23.3 Å². The topological polar surface area (TPSA) is 132 Å². The summed E-state index contributed by atoms with van der Waals surface area (Å²) in [7, 11) is 0. The van der Waals surface area contributed by atoms with Crippen LogP contribution in [0.4, 0.5) is 0 Å². The Bertz CT molecular complexity index is 2760. The molecule has 0 saturated heterocycles. The molecule has 596 valence electrons. The van der Waals surface area contributed by atoms with Gasteiger partial charge in [-0.3, -0.25) is 9.78 Å². The van der Waals surface area contributed by atoms with Crippen LogP contribution in [0.15, 0.2) is 65.1 Å². The molecule has 7 heterocycles. The summed E-state index contributed by atoms with van der Waals surface area (Å²) in [6, 6.07) is 4.37. The second-order valence-corrected chi connectivity index (χ2v) is 47.8. The second kappa shape index (κ2) is 35.0. The number of oxazole rings is 1. The van der Waals surface area contributed by atoms with Crippen molar-refractivity contribution in [1.82, 2.24) is 49.5 Å². The van der Waals surface area contributed by atoms with E-state index in [9.17, 15) is 0 Å². The summed E-state index contributed by atoms with van der Waals surface area (Å²) < 4.78 is 9.79. The van der Waals surface area contributed by atoms with E-state index in [1.165, 1.54) is 74.3 Å². The molecule has 1 fully saturated rings. The molecule has 0 spiro atoms. The van der Waals surface area contributed by atoms with E-state index < -0.39 is 0 Å². The predicted molar refractivity (Wildman–Crippen MR) is 459 cm³/mol. The molecule has 13 heteroatoms. The van der Waals surface area contributed by atoms with Gasteiger partial charge in [0.2, 0.25) is 0 Å². The van der Waals surface area contributed by atoms with Crippen LogP contribution in [0.5, 0.6) is 0 Å². The lowest BCUT2D eigenvalue weighted by Crippen LogP contribution is -2.32. The third-order valence-corrected chi connectivity index (χ3v) is 20.9. The third-order valence-electron chi connectivity index (χ3n) is 18.3. The van der Waals surface area contributed by atoms with Crippen molar-refractivity contribution in [2.75, 3.05) is 0 Å². The molecule has 104 heavy (non-hydrogen) atoms. The highest BCUT2D eigenvalue weighted by Crippen LogP contribution is 2.51. The Morgan fingerprint density at radius 2 is 0.856 bits per heavy atom. The quantitative estimate of drug-likeness (QED) is 0.155. The monoisotopic (exact) mass is 1480 g/mol. The van der Waals surface area contributed by atoms with Crippen molar-refractivity contribution in [1.29, 1.82) is 0 Å². The summed E-state index contributed by atoms with van der Waals surface area (Å²) in [5.74, 6) is 2.88. The van der Waals surface area contributed by atoms with Gasteiger partial charge in [-0.15, -0.1) is 22.7 Å². The van der Waals surface area contributed by atoms with Crippen molar-refractivity contribution in [2.45, 2.75) is 428 Å². The number of thiazole rings is 1. The molecule has 0 bridgehead atoms. The number of nitrogens with one attached hydrogen (secondary N) is 2. The van der Waals surface area contributed by atoms with Gasteiger partial charge in [0.05, 0.1) is 47.0 Å². The Morgan fingerprint density at radius 3 is 1.15 bits per heavy atom. The number of aromatic nitrogens is 10. The summed E-state index contributed by atoms with van der Waals surface area (Å²) >= 11 is 3.66. The molecule has 11 nitrogen and oxygen atoms in total. The molecular formula is C91H164N10OS2. The van der Waals surface area contributed by atoms with Gasteiger partial charge in [-0.1, -0.05) is 297 Å². The number of H-pyrrole nitrogens is 2. The lowest BCUT2D eigenvalue weighted by molar-refractivity contribution is 0.0992. The number of nitrogens with zero attached hydrogens (tertiary/aromatic N) is 8. The Labute approximate surface area is 650 Å². The van der Waals surface area contributed by atoms with E-state index in [0.29, 0.717) is 10.8 Å². The average molecular weight is 1480 g/mol. The van der Waals surface area contributed by atoms with Gasteiger partial charge in [-0.2, -0.15) is 10.2 Å². The van der Waals surface area contributed by atoms with Crippen LogP contribution in [-0.4, -0.2) is 49.5 Å². The molecule has 2 atom stereocenters. The van der Waals surface area contributed by atoms with Crippen LogP contribution >= 0.6 is 22.7 Å². The largest absolute Gasteiger partial charge is 0.448 e. The molecule has 1 aliphatic rings. The van der Waals surface area contributed by atoms with Crippen LogP contribution in [0.1, 0.15) is 418 Å². The van der Waals surface area contributed by atoms with E-state index in [1.54, 1.807) is 24.1 Å². The van der Waals surface area contributed by atoms with Gasteiger partial charge in [-0.25, -0.2) is 19.9 Å². The van der Waals surface area contributed by atoms with E-state index in [1.807, 2.05) is 41.8 Å². The molecule has 0 aromatic carbocycles. The van der Waals surface area contributed by atoms with Crippen LogP contribution in [0, 0.1) is 22.7 Å². The van der Waals surface area contributed by atoms with Gasteiger partial charge >= 0.3 is 0 Å². The zero-order valence-electron chi connectivity index (χ0n) is 76.9. The van der Waals surface area contributed by atoms with Crippen LogP contribution in [0.25, 0.3) is 0 Å². The van der Waals surface area contributed by atoms with Crippen LogP contribution in [0.2, 0.25) is 0 Å². The maximum atomic E-state index is 5.44. The minimum absolute atomic E-state index is 0.0408. The molecule has 7 aromatic heterocycles. The van der Waals surface area contributed by atoms with E-state index in [4.69, 9.17) is 4.42 Å². The molecule has 1 aliphatic carbocycles. The number of imidazole rings is 2. The fourth-order valence-electron chi connectivity index (χ4n) is 12.8. The minimum atomic E-state index is 0.0408. The first kappa shape index (κ1) is 97.4. The van der Waals surface area contributed by atoms with Crippen LogP contribution in [-0.2, 0) is 76.1 Å². The molecule has 8 rings (SSSR count). The highest BCUT2D eigenvalue weighted by Gasteiger charge is 2.42. The molecule has 0 aliphatic heterocycles. The molecule has 2 unspecified atom stereocenters. The average Bonchev–Trinajstić information content (AvgIpc) is 1.69. The molecule has 7 aromatic rings. The predicted octanol–water partition coefficient (Wildman–Crippen LogP) is 27.7. The highest BCUT2D eigenvalue weighted by molar-refractivity contribution is 7.10. The van der Waals surface area contributed by atoms with E-state index in [-0.39, 0.29) is 76.1 Å². The van der Waals surface area contributed by atoms with E-state index in [2.05, 4.69) is 399 Å². The summed E-state index contributed by atoms with van der Waals surface area (Å²) in [6.07, 6.45) is 15.4. The first-order valence-electron chi connectivity index (χ1n) is 39.0. The maximum Gasteiger partial charge on any atom is 0.181 e. The Morgan fingerprint density at radius 1 is 0.404 bits per heavy atom. The van der Waals surface area contributed by atoms with Crippen molar-refractivity contribution in [3.8, 4) is 0 Å². The van der Waals surface area contributed by atoms with Gasteiger partial charge in [0.25, 0.3) is 0 Å². The number of rotatable bonds is 0. The zero-order chi connectivity index (χ0) is 82.2. The van der Waals surface area contributed by atoms with Gasteiger partial charge < -0.3 is 14.0 Å². The number of thiophene rings is 1. The van der Waals surface area contributed by atoms with Gasteiger partial charge in [0, 0.05) is 93.8 Å². The number of hydrogen-bond acceptors (Lipinski definition) is 9. The summed E-state index contributed by atoms with van der Waals surface area (Å²) in [6.45, 7) is 107. The maximum absolute atomic E-state index is 5.44. The van der Waals surface area contributed by atoms with Crippen molar-refractivity contribution in [3.05, 3.63) is 127 Å². The van der Waals surface area contributed by atoms with Crippen molar-refractivity contribution < 1.29 is 4.42 Å². The van der Waals surface area contributed by atoms with Crippen molar-refractivity contribution >= 4 is 22.7 Å². The van der Waals surface area contributed by atoms with Gasteiger partial charge in [0.15, 0.2) is 6.39 Å². The van der Waals surface area contributed by atoms with E-state index >= 15 is 0 Å². The smallest absolute Gasteiger partial charge is 0.181 e. The molecule has 2 N–H and O–H groups in total. The zero-order valence-corrected chi connectivity index (χ0v) is 78.5. The fourth-order valence-corrected chi connectivity index (χ4v) is 15.1. The summed E-state index contributed by atoms with van der Waals surface area (Å²) in [5, 5.41) is 13.8. The van der Waals surface area contributed by atoms with Crippen molar-refractivity contribution in [3.63, 3.8) is 0 Å². The SMILES string of the molecule is CC(C)(C)C1CCCC1C(C)(C)C.CC(C)(C)c1ccnn1C(C)(C)C.CC(C)(C)c1ccsc1C(C)(C)C.CC(C)(C)c1cn[nH]c1C(C)(C)C.CC(C)(C)c1cncn1C(C)(C)C.CC(C)(C)c1nc[nH]c1C(C)(C)C.CC(C)(C)c1ncoc1C(C)(C)C.CC(C)(C)c1ncsc1C(C)(C)C. The Hall–Kier alpha value is -4.62. The standard InChI is InChI=1S/C13H26.C12H20S.4C11H20N2.C11H19NO.C11H19NS/c1-12(2,3)10-8-7-9-11(10)13(4,5)6;1-11(2,3)9-7-8-13-10(9)12(4,5)6;1-10(2,3)8-9(11(4,5)6)13-7-12-8;1-10(2,3)9-7-12-8-13(9)11(4,5)6;1-10(2,3)8-7-12-13-9(8)11(4,5)6;1-10(2,3)9-7-8-12-13(9)11(4,5)6;2*1-10(2,3)8-9(11(4,5)6)13-7-12-8/h10-11H,7-9H2,1-6H3;7-8H,1-6H3;7H,1-6H3,(H,12,13);7-8H,1-6H3;7H,1-6H3,(H,12,13);7-8H,1-6H3;2*7H,1-6H3. The number of hydrogen-bond donors (Lipinski definition) is 2. The molecular weight excluding hydrogens is 1310 g/mol.